The molecule has 0 aliphatic heterocycles. The molecule has 0 aromatic heterocycles. The van der Waals surface area contributed by atoms with Crippen molar-refractivity contribution in [3.63, 3.8) is 0 Å². The van der Waals surface area contributed by atoms with Gasteiger partial charge in [0.15, 0.2) is 34.7 Å². The van der Waals surface area contributed by atoms with Crippen molar-refractivity contribution in [2.24, 2.45) is 29.4 Å². The van der Waals surface area contributed by atoms with E-state index in [0.717, 1.165) is 0 Å². The predicted octanol–water partition coefficient (Wildman–Crippen LogP) is -1.14. The molecule has 2 fully saturated rings. The molecule has 33 heavy (non-hydrogen) atoms. The predicted molar refractivity (Wildman–Crippen MR) is 112 cm³/mol. The molecule has 0 radical (unpaired) electrons. The van der Waals surface area contributed by atoms with E-state index in [1.165, 1.54) is 24.0 Å². The Morgan fingerprint density at radius 2 is 1.82 bits per heavy atom. The highest BCUT2D eigenvalue weighted by Crippen LogP contribution is 2.52. The third-order valence-electron chi connectivity index (χ3n) is 7.56. The lowest BCUT2D eigenvalue weighted by molar-refractivity contribution is -0.203. The number of carbonyl (C=O) groups is 5. The van der Waals surface area contributed by atoms with Crippen LogP contribution in [0.1, 0.15) is 39.6 Å². The molecular formula is C23H26N2O8. The number of rotatable bonds is 3. The lowest BCUT2D eigenvalue weighted by atomic mass is 9.51. The van der Waals surface area contributed by atoms with Gasteiger partial charge in [0.05, 0.1) is 17.5 Å². The number of Topliss-reactive ketones (excluding diaryl/α,β-unsaturated/α-hetero) is 4. The summed E-state index contributed by atoms with van der Waals surface area (Å²) >= 11 is 0. The van der Waals surface area contributed by atoms with Gasteiger partial charge < -0.3 is 21.1 Å². The first-order valence-corrected chi connectivity index (χ1v) is 10.7. The molecule has 1 amide bonds. The van der Waals surface area contributed by atoms with Crippen LogP contribution in [0.4, 0.5) is 0 Å². The molecule has 3 aliphatic carbocycles. The van der Waals surface area contributed by atoms with Gasteiger partial charge in [-0.25, -0.2) is 0 Å². The summed E-state index contributed by atoms with van der Waals surface area (Å²) in [5.41, 5.74) is 3.22. The van der Waals surface area contributed by atoms with Crippen LogP contribution in [0.2, 0.25) is 0 Å². The van der Waals surface area contributed by atoms with Crippen LogP contribution >= 0.6 is 0 Å². The molecule has 0 spiro atoms. The largest absolute Gasteiger partial charge is 0.507 e. The van der Waals surface area contributed by atoms with Gasteiger partial charge in [0.2, 0.25) is 5.91 Å². The van der Waals surface area contributed by atoms with Gasteiger partial charge in [0, 0.05) is 11.5 Å². The van der Waals surface area contributed by atoms with E-state index in [9.17, 15) is 39.3 Å². The van der Waals surface area contributed by atoms with Crippen molar-refractivity contribution in [2.75, 3.05) is 14.1 Å². The van der Waals surface area contributed by atoms with Crippen LogP contribution < -0.4 is 5.73 Å². The Bertz CT molecular complexity index is 1110. The fourth-order valence-corrected chi connectivity index (χ4v) is 6.16. The number of nitrogens with zero attached hydrogens (tertiary/aromatic N) is 1. The number of hydrogen-bond acceptors (Lipinski definition) is 9. The number of aliphatic hydroxyl groups is 2. The zero-order valence-corrected chi connectivity index (χ0v) is 18.4. The minimum atomic E-state index is -2.56. The first-order chi connectivity index (χ1) is 15.3. The fourth-order valence-electron chi connectivity index (χ4n) is 6.16. The van der Waals surface area contributed by atoms with Gasteiger partial charge in [-0.05, 0) is 57.5 Å². The van der Waals surface area contributed by atoms with Crippen molar-refractivity contribution in [1.82, 2.24) is 4.90 Å². The minimum Gasteiger partial charge on any atom is -0.507 e. The van der Waals surface area contributed by atoms with Crippen molar-refractivity contribution >= 4 is 29.0 Å². The Balaban J connectivity index is 1.89. The summed E-state index contributed by atoms with van der Waals surface area (Å²) in [6.45, 7) is 1.34. The van der Waals surface area contributed by atoms with E-state index >= 15 is 0 Å². The lowest BCUT2D eigenvalue weighted by Crippen LogP contribution is -2.75. The third-order valence-corrected chi connectivity index (χ3v) is 7.56. The number of carbonyl (C=O) groups excluding carboxylic acids is 5. The van der Waals surface area contributed by atoms with Crippen molar-refractivity contribution in [2.45, 2.75) is 37.5 Å². The molecule has 0 heterocycles. The average Bonchev–Trinajstić information content (AvgIpc) is 2.70. The van der Waals surface area contributed by atoms with Gasteiger partial charge in [-0.1, -0.05) is 0 Å². The number of aliphatic hydroxyl groups excluding tert-OH is 1. The number of hydrogen-bond donors (Lipinski definition) is 4. The minimum absolute atomic E-state index is 0.00220. The number of likely N-dealkylation sites (N-methyl/N-ethyl adjacent to an activating group) is 1. The number of aromatic hydroxyl groups is 1. The van der Waals surface area contributed by atoms with Gasteiger partial charge in [-0.3, -0.25) is 28.9 Å². The first-order valence-electron chi connectivity index (χ1n) is 10.7. The molecule has 1 aromatic carbocycles. The number of phenolic OH excluding ortho intramolecular Hbond substituents is 1. The second kappa shape index (κ2) is 7.54. The van der Waals surface area contributed by atoms with E-state index in [1.54, 1.807) is 14.1 Å². The molecule has 2 saturated carbocycles. The maximum atomic E-state index is 13.5. The molecule has 4 rings (SSSR count). The topological polar surface area (TPSA) is 175 Å². The molecule has 7 atom stereocenters. The summed E-state index contributed by atoms with van der Waals surface area (Å²) in [6, 6.07) is 1.54. The number of amides is 1. The summed E-state index contributed by atoms with van der Waals surface area (Å²) in [5, 5.41) is 33.2. The second-order valence-corrected chi connectivity index (χ2v) is 9.52. The summed E-state index contributed by atoms with van der Waals surface area (Å²) in [6.07, 6.45) is -1.81. The molecule has 10 nitrogen and oxygen atoms in total. The van der Waals surface area contributed by atoms with Gasteiger partial charge in [0.25, 0.3) is 0 Å². The zero-order valence-electron chi connectivity index (χ0n) is 18.4. The van der Waals surface area contributed by atoms with Crippen LogP contribution in [0, 0.1) is 23.7 Å². The zero-order chi connectivity index (χ0) is 24.6. The summed E-state index contributed by atoms with van der Waals surface area (Å²) in [7, 11) is 3.09. The molecule has 3 unspecified atom stereocenters. The number of benzene rings is 1. The third kappa shape index (κ3) is 3.01. The van der Waals surface area contributed by atoms with Gasteiger partial charge in [-0.15, -0.1) is 0 Å². The maximum absolute atomic E-state index is 13.5. The second-order valence-electron chi connectivity index (χ2n) is 9.52. The van der Waals surface area contributed by atoms with Crippen LogP contribution in [0.5, 0.6) is 5.75 Å². The first kappa shape index (κ1) is 23.2. The molecule has 3 aliphatic rings. The van der Waals surface area contributed by atoms with Crippen molar-refractivity contribution in [1.29, 1.82) is 0 Å². The quantitative estimate of drug-likeness (QED) is 0.322. The van der Waals surface area contributed by atoms with Gasteiger partial charge >= 0.3 is 0 Å². The van der Waals surface area contributed by atoms with Crippen molar-refractivity contribution in [3.8, 4) is 5.75 Å². The van der Waals surface area contributed by atoms with Crippen molar-refractivity contribution in [3.05, 3.63) is 28.8 Å². The number of phenols is 1. The smallest absolute Gasteiger partial charge is 0.235 e. The molecule has 10 heteroatoms. The maximum Gasteiger partial charge on any atom is 0.235 e. The van der Waals surface area contributed by atoms with Crippen molar-refractivity contribution < 1.29 is 39.3 Å². The highest BCUT2D eigenvalue weighted by molar-refractivity contribution is 6.24. The van der Waals surface area contributed by atoms with Crippen LogP contribution in [-0.4, -0.2) is 81.1 Å². The van der Waals surface area contributed by atoms with E-state index < -0.39 is 64.7 Å². The van der Waals surface area contributed by atoms with Crippen LogP contribution in [0.15, 0.2) is 12.1 Å². The Morgan fingerprint density at radius 3 is 2.36 bits per heavy atom. The fraction of sp³-hybridized carbons (Fsp3) is 0.522. The highest BCUT2D eigenvalue weighted by Gasteiger charge is 2.69. The molecular weight excluding hydrogens is 432 g/mol. The Hall–Kier alpha value is -2.95. The standard InChI is InChI=1S/C23H26N2O8/c1-8(26)10-4-5-13(27)15-11(10)6-9-7-12-17(25(2)3)19(29)16(22(24)32)21(31)23(12,33)20(30)14(9)18(15)28/h4-5,9,12,14,16-17,20,27,30,33H,6-7H2,1-3H3,(H2,24,32)/t9-,12-,14?,16?,17-,20?,23-/m0/s1. The molecule has 5 N–H and O–H groups in total. The normalized spacial score (nSPS) is 35.6. The number of fused-ring (bicyclic) bond motifs is 3. The number of nitrogens with two attached hydrogens (primary N) is 1. The van der Waals surface area contributed by atoms with Crippen LogP contribution in [0.25, 0.3) is 0 Å². The average molecular weight is 458 g/mol. The summed E-state index contributed by atoms with van der Waals surface area (Å²) in [4.78, 5) is 65.2. The summed E-state index contributed by atoms with van der Waals surface area (Å²) < 4.78 is 0. The summed E-state index contributed by atoms with van der Waals surface area (Å²) in [5.74, 6) is -9.53. The Kier molecular flexibility index (Phi) is 5.31. The Morgan fingerprint density at radius 1 is 1.18 bits per heavy atom. The van der Waals surface area contributed by atoms with E-state index in [4.69, 9.17) is 5.73 Å². The molecule has 1 aromatic rings. The van der Waals surface area contributed by atoms with E-state index in [0.29, 0.717) is 5.56 Å². The molecule has 0 saturated heterocycles. The highest BCUT2D eigenvalue weighted by atomic mass is 16.4. The van der Waals surface area contributed by atoms with E-state index in [-0.39, 0.29) is 35.5 Å². The van der Waals surface area contributed by atoms with Crippen LogP contribution in [-0.2, 0) is 20.8 Å². The Labute approximate surface area is 189 Å². The monoisotopic (exact) mass is 458 g/mol. The van der Waals surface area contributed by atoms with Gasteiger partial charge in [-0.2, -0.15) is 0 Å². The molecule has 176 valence electrons. The molecule has 0 bridgehead atoms. The number of primary amides is 1. The van der Waals surface area contributed by atoms with Gasteiger partial charge in [0.1, 0.15) is 11.9 Å². The SMILES string of the molecule is CC(=O)c1ccc(O)c2c1C[C@H]1C[C@H]3[C@H](N(C)C)C(=O)C(C(N)=O)C(=O)[C@@]3(O)C(O)C1C2=O. The lowest BCUT2D eigenvalue weighted by Gasteiger charge is -2.56. The van der Waals surface area contributed by atoms with Crippen LogP contribution in [0.3, 0.4) is 0 Å². The number of ketones is 4. The van der Waals surface area contributed by atoms with E-state index in [2.05, 4.69) is 0 Å². The van der Waals surface area contributed by atoms with E-state index in [1.807, 2.05) is 0 Å².